The molecule has 2 amide bonds. The molecule has 0 saturated heterocycles. The van der Waals surface area contributed by atoms with Gasteiger partial charge in [-0.2, -0.15) is 0 Å². The van der Waals surface area contributed by atoms with Crippen LogP contribution in [0.5, 0.6) is 11.5 Å². The minimum atomic E-state index is -0.369. The van der Waals surface area contributed by atoms with E-state index < -0.39 is 0 Å². The third kappa shape index (κ3) is 4.47. The second-order valence-electron chi connectivity index (χ2n) is 5.48. The van der Waals surface area contributed by atoms with Gasteiger partial charge < -0.3 is 20.1 Å². The van der Waals surface area contributed by atoms with Crippen molar-refractivity contribution in [1.29, 1.82) is 0 Å². The Kier molecular flexibility index (Phi) is 5.13. The number of benzene rings is 2. The molecule has 2 N–H and O–H groups in total. The Morgan fingerprint density at radius 3 is 2.56 bits per heavy atom. The van der Waals surface area contributed by atoms with Gasteiger partial charge in [-0.15, -0.1) is 0 Å². The van der Waals surface area contributed by atoms with Crippen molar-refractivity contribution in [2.75, 3.05) is 19.9 Å². The molecule has 2 aromatic carbocycles. The van der Waals surface area contributed by atoms with Crippen LogP contribution in [0.1, 0.15) is 15.9 Å². The number of rotatable bonds is 6. The summed E-state index contributed by atoms with van der Waals surface area (Å²) in [5, 5.41) is 5.25. The van der Waals surface area contributed by atoms with Crippen LogP contribution in [0.4, 0.5) is 4.39 Å². The number of nitrogens with one attached hydrogen (secondary N) is 2. The fourth-order valence-electron chi connectivity index (χ4n) is 2.36. The van der Waals surface area contributed by atoms with Crippen LogP contribution >= 0.6 is 0 Å². The van der Waals surface area contributed by atoms with Gasteiger partial charge in [0.05, 0.1) is 6.54 Å². The van der Waals surface area contributed by atoms with Crippen molar-refractivity contribution < 1.29 is 23.5 Å². The van der Waals surface area contributed by atoms with Crippen LogP contribution in [-0.4, -0.2) is 31.7 Å². The van der Waals surface area contributed by atoms with E-state index in [-0.39, 0.29) is 31.0 Å². The van der Waals surface area contributed by atoms with Crippen LogP contribution in [0.2, 0.25) is 0 Å². The Morgan fingerprint density at radius 2 is 1.76 bits per heavy atom. The van der Waals surface area contributed by atoms with Gasteiger partial charge >= 0.3 is 0 Å². The Labute approximate surface area is 143 Å². The summed E-state index contributed by atoms with van der Waals surface area (Å²) in [6.45, 7) is 0.415. The molecule has 0 bridgehead atoms. The topological polar surface area (TPSA) is 76.7 Å². The summed E-state index contributed by atoms with van der Waals surface area (Å²) < 4.78 is 23.2. The summed E-state index contributed by atoms with van der Waals surface area (Å²) in [7, 11) is 0. The predicted octanol–water partition coefficient (Wildman–Crippen LogP) is 1.64. The molecular weight excluding hydrogens is 327 g/mol. The number of halogens is 1. The van der Waals surface area contributed by atoms with Crippen molar-refractivity contribution in [3.8, 4) is 11.5 Å². The number of hydrogen-bond acceptors (Lipinski definition) is 4. The maximum atomic E-state index is 12.8. The van der Waals surface area contributed by atoms with E-state index in [1.807, 2.05) is 0 Å². The van der Waals surface area contributed by atoms with Gasteiger partial charge in [-0.25, -0.2) is 4.39 Å². The van der Waals surface area contributed by atoms with Gasteiger partial charge in [0.1, 0.15) is 5.82 Å². The fraction of sp³-hybridized carbons (Fsp3) is 0.222. The standard InChI is InChI=1S/C18H17FN2O4/c19-14-4-1-12(2-5-14)7-8-20-17(22)10-21-18(23)13-3-6-15-16(9-13)25-11-24-15/h1-6,9H,7-8,10-11H2,(H,20,22)(H,21,23). The molecule has 0 atom stereocenters. The molecule has 0 saturated carbocycles. The molecule has 0 fully saturated rings. The van der Waals surface area contributed by atoms with Crippen LogP contribution in [-0.2, 0) is 11.2 Å². The van der Waals surface area contributed by atoms with Gasteiger partial charge in [-0.1, -0.05) is 12.1 Å². The number of hydrogen-bond donors (Lipinski definition) is 2. The molecule has 2 aromatic rings. The smallest absolute Gasteiger partial charge is 0.251 e. The Hall–Kier alpha value is -3.09. The summed E-state index contributed by atoms with van der Waals surface area (Å²) in [6.07, 6.45) is 0.585. The molecule has 130 valence electrons. The van der Waals surface area contributed by atoms with Crippen molar-refractivity contribution in [3.05, 3.63) is 59.4 Å². The fourth-order valence-corrected chi connectivity index (χ4v) is 2.36. The summed E-state index contributed by atoms with van der Waals surface area (Å²) >= 11 is 0. The Bertz CT molecular complexity index is 777. The highest BCUT2D eigenvalue weighted by atomic mass is 19.1. The molecule has 1 aliphatic heterocycles. The first kappa shape index (κ1) is 16.8. The van der Waals surface area contributed by atoms with E-state index in [1.165, 1.54) is 12.1 Å². The highest BCUT2D eigenvalue weighted by molar-refractivity contribution is 5.97. The Morgan fingerprint density at radius 1 is 1.00 bits per heavy atom. The van der Waals surface area contributed by atoms with E-state index in [0.29, 0.717) is 30.0 Å². The zero-order valence-electron chi connectivity index (χ0n) is 13.4. The van der Waals surface area contributed by atoms with Crippen molar-refractivity contribution in [3.63, 3.8) is 0 Å². The number of fused-ring (bicyclic) bond motifs is 1. The number of carbonyl (C=O) groups excluding carboxylic acids is 2. The van der Waals surface area contributed by atoms with E-state index in [9.17, 15) is 14.0 Å². The third-order valence-corrected chi connectivity index (χ3v) is 3.69. The molecule has 0 aromatic heterocycles. The van der Waals surface area contributed by atoms with Crippen LogP contribution in [0.3, 0.4) is 0 Å². The first-order valence-electron chi connectivity index (χ1n) is 7.81. The monoisotopic (exact) mass is 344 g/mol. The lowest BCUT2D eigenvalue weighted by Gasteiger charge is -2.08. The average Bonchev–Trinajstić information content (AvgIpc) is 3.09. The molecule has 25 heavy (non-hydrogen) atoms. The summed E-state index contributed by atoms with van der Waals surface area (Å²) in [5.74, 6) is 0.147. The number of carbonyl (C=O) groups is 2. The van der Waals surface area contributed by atoms with Gasteiger partial charge in [0.2, 0.25) is 12.7 Å². The predicted molar refractivity (Wildman–Crippen MR) is 88.0 cm³/mol. The molecule has 6 nitrogen and oxygen atoms in total. The number of ether oxygens (including phenoxy) is 2. The van der Waals surface area contributed by atoms with Crippen molar-refractivity contribution in [2.24, 2.45) is 0 Å². The second-order valence-corrected chi connectivity index (χ2v) is 5.48. The van der Waals surface area contributed by atoms with E-state index in [2.05, 4.69) is 10.6 Å². The minimum Gasteiger partial charge on any atom is -0.454 e. The lowest BCUT2D eigenvalue weighted by molar-refractivity contribution is -0.120. The quantitative estimate of drug-likeness (QED) is 0.835. The molecular formula is C18H17FN2O4. The molecule has 7 heteroatoms. The molecule has 1 heterocycles. The van der Waals surface area contributed by atoms with E-state index >= 15 is 0 Å². The lowest BCUT2D eigenvalue weighted by Crippen LogP contribution is -2.37. The van der Waals surface area contributed by atoms with E-state index in [1.54, 1.807) is 30.3 Å². The maximum absolute atomic E-state index is 12.8. The summed E-state index contributed by atoms with van der Waals surface area (Å²) in [6, 6.07) is 10.9. The zero-order chi connectivity index (χ0) is 17.6. The highest BCUT2D eigenvalue weighted by Crippen LogP contribution is 2.32. The molecule has 1 aliphatic rings. The Balaban J connectivity index is 1.41. The van der Waals surface area contributed by atoms with Crippen LogP contribution in [0.25, 0.3) is 0 Å². The molecule has 0 spiro atoms. The van der Waals surface area contributed by atoms with Gasteiger partial charge in [-0.05, 0) is 42.3 Å². The lowest BCUT2D eigenvalue weighted by atomic mass is 10.1. The van der Waals surface area contributed by atoms with Crippen LogP contribution < -0.4 is 20.1 Å². The first-order chi connectivity index (χ1) is 12.1. The molecule has 3 rings (SSSR count). The van der Waals surface area contributed by atoms with Crippen molar-refractivity contribution >= 4 is 11.8 Å². The SMILES string of the molecule is O=C(CNC(=O)c1ccc2c(c1)OCO2)NCCc1ccc(F)cc1. The minimum absolute atomic E-state index is 0.128. The van der Waals surface area contributed by atoms with Gasteiger partial charge in [0, 0.05) is 12.1 Å². The van der Waals surface area contributed by atoms with Crippen LogP contribution in [0.15, 0.2) is 42.5 Å². The van der Waals surface area contributed by atoms with Gasteiger partial charge in [0.15, 0.2) is 11.5 Å². The molecule has 0 aliphatic carbocycles. The van der Waals surface area contributed by atoms with E-state index in [0.717, 1.165) is 5.56 Å². The van der Waals surface area contributed by atoms with Crippen molar-refractivity contribution in [1.82, 2.24) is 10.6 Å². The first-order valence-corrected chi connectivity index (χ1v) is 7.81. The second kappa shape index (κ2) is 7.65. The zero-order valence-corrected chi connectivity index (χ0v) is 13.4. The normalized spacial score (nSPS) is 11.9. The number of amides is 2. The van der Waals surface area contributed by atoms with Crippen molar-refractivity contribution in [2.45, 2.75) is 6.42 Å². The summed E-state index contributed by atoms with van der Waals surface area (Å²) in [4.78, 5) is 23.8. The van der Waals surface area contributed by atoms with E-state index in [4.69, 9.17) is 9.47 Å². The molecule has 0 unspecified atom stereocenters. The largest absolute Gasteiger partial charge is 0.454 e. The van der Waals surface area contributed by atoms with Crippen LogP contribution in [0, 0.1) is 5.82 Å². The maximum Gasteiger partial charge on any atom is 0.251 e. The van der Waals surface area contributed by atoms with Gasteiger partial charge in [0.25, 0.3) is 5.91 Å². The summed E-state index contributed by atoms with van der Waals surface area (Å²) in [5.41, 5.74) is 1.31. The highest BCUT2D eigenvalue weighted by Gasteiger charge is 2.16. The third-order valence-electron chi connectivity index (χ3n) is 3.69. The molecule has 0 radical (unpaired) electrons. The van der Waals surface area contributed by atoms with Gasteiger partial charge in [-0.3, -0.25) is 9.59 Å². The average molecular weight is 344 g/mol.